The lowest BCUT2D eigenvalue weighted by Crippen LogP contribution is -2.82. The third-order valence-electron chi connectivity index (χ3n) is 3.80. The Balaban J connectivity index is 0. The number of nitrogens with zero attached hydrogens (tertiary/aromatic N) is 2. The maximum Gasteiger partial charge on any atom is 0.244 e. The van der Waals surface area contributed by atoms with Gasteiger partial charge in [0.2, 0.25) is 5.96 Å². The minimum absolute atomic E-state index is 0.0994. The fraction of sp³-hybridized carbons (Fsp3) is 0.462. The third-order valence-corrected chi connectivity index (χ3v) is 3.80. The lowest BCUT2D eigenvalue weighted by Gasteiger charge is -2.02. The number of carbonyl (C=O) groups excluding carboxylic acids is 1. The van der Waals surface area contributed by atoms with Gasteiger partial charge in [-0.05, 0) is 70.6 Å². The molecule has 186 valence electrons. The van der Waals surface area contributed by atoms with E-state index >= 15 is 0 Å². The van der Waals surface area contributed by atoms with Gasteiger partial charge in [-0.15, -0.1) is 0 Å². The van der Waals surface area contributed by atoms with E-state index in [1.54, 1.807) is 5.43 Å². The summed E-state index contributed by atoms with van der Waals surface area (Å²) < 4.78 is 0. The van der Waals surface area contributed by atoms with E-state index in [4.69, 9.17) is 11.5 Å². The lowest BCUT2D eigenvalue weighted by molar-refractivity contribution is -0.676. The fourth-order valence-corrected chi connectivity index (χ4v) is 2.15. The van der Waals surface area contributed by atoms with Crippen molar-refractivity contribution in [1.82, 2.24) is 4.90 Å². The van der Waals surface area contributed by atoms with E-state index in [1.807, 2.05) is 31.1 Å². The molecule has 6 N–H and O–H groups in total. The van der Waals surface area contributed by atoms with Gasteiger partial charge in [-0.25, -0.2) is 5.43 Å². The minimum Gasteiger partial charge on any atom is -0.550 e. The monoisotopic (exact) mass is 459 g/mol. The summed E-state index contributed by atoms with van der Waals surface area (Å²) in [6, 6.07) is 0. The van der Waals surface area contributed by atoms with Crippen molar-refractivity contribution in [3.8, 4) is 0 Å². The summed E-state index contributed by atoms with van der Waals surface area (Å²) in [5, 5.41) is 13.9. The number of hydrogen-bond donors (Lipinski definition) is 3. The van der Waals surface area contributed by atoms with E-state index < -0.39 is 5.97 Å². The SMILES string of the molecule is CC/C=C\C/C=C\C/C=C\C/C=C\C/C=C\C/C=C\CCC(=O)[O-].CN(C)C[NH2+]N=C(N)N. The summed E-state index contributed by atoms with van der Waals surface area (Å²) in [4.78, 5) is 12.2. The Hall–Kier alpha value is -2.90. The molecule has 0 fully saturated rings. The van der Waals surface area contributed by atoms with Crippen LogP contribution in [0.25, 0.3) is 0 Å². The van der Waals surface area contributed by atoms with Crippen LogP contribution < -0.4 is 22.0 Å². The average molecular weight is 460 g/mol. The molecule has 0 bridgehead atoms. The highest BCUT2D eigenvalue weighted by molar-refractivity contribution is 5.74. The van der Waals surface area contributed by atoms with Crippen molar-refractivity contribution in [3.05, 3.63) is 72.9 Å². The molecule has 0 amide bonds. The average Bonchev–Trinajstić information content (AvgIpc) is 2.75. The molecule has 7 nitrogen and oxygen atoms in total. The van der Waals surface area contributed by atoms with E-state index in [-0.39, 0.29) is 12.4 Å². The smallest absolute Gasteiger partial charge is 0.244 e. The van der Waals surface area contributed by atoms with Crippen LogP contribution in [0, 0.1) is 0 Å². The van der Waals surface area contributed by atoms with Gasteiger partial charge in [-0.2, -0.15) is 0 Å². The van der Waals surface area contributed by atoms with E-state index in [0.29, 0.717) is 6.42 Å². The first-order chi connectivity index (χ1) is 15.9. The van der Waals surface area contributed by atoms with Gasteiger partial charge >= 0.3 is 0 Å². The third kappa shape index (κ3) is 36.8. The Morgan fingerprint density at radius 1 is 0.788 bits per heavy atom. The van der Waals surface area contributed by atoms with E-state index in [0.717, 1.165) is 45.2 Å². The summed E-state index contributed by atoms with van der Waals surface area (Å²) >= 11 is 0. The van der Waals surface area contributed by atoms with Gasteiger partial charge in [-0.1, -0.05) is 79.8 Å². The topological polar surface area (TPSA) is 124 Å². The van der Waals surface area contributed by atoms with Crippen LogP contribution in [0.2, 0.25) is 0 Å². The molecule has 0 atom stereocenters. The maximum absolute atomic E-state index is 10.2. The molecule has 33 heavy (non-hydrogen) atoms. The van der Waals surface area contributed by atoms with Crippen molar-refractivity contribution in [1.29, 1.82) is 0 Å². The Labute approximate surface area is 201 Å². The van der Waals surface area contributed by atoms with Crippen LogP contribution in [0.4, 0.5) is 0 Å². The molecule has 7 heteroatoms. The highest BCUT2D eigenvalue weighted by Crippen LogP contribution is 1.97. The molecule has 0 aromatic carbocycles. The van der Waals surface area contributed by atoms with Crippen LogP contribution >= 0.6 is 0 Å². The number of carbonyl (C=O) groups is 1. The number of guanidine groups is 1. The summed E-state index contributed by atoms with van der Waals surface area (Å²) in [5.41, 5.74) is 11.8. The van der Waals surface area contributed by atoms with Crippen molar-refractivity contribution >= 4 is 11.9 Å². The van der Waals surface area contributed by atoms with Gasteiger partial charge in [0, 0.05) is 5.97 Å². The normalized spacial score (nSPS) is 12.1. The van der Waals surface area contributed by atoms with Crippen molar-refractivity contribution in [2.45, 2.75) is 58.3 Å². The molecule has 0 spiro atoms. The van der Waals surface area contributed by atoms with Crippen molar-refractivity contribution in [3.63, 3.8) is 0 Å². The second kappa shape index (κ2) is 27.1. The standard InChI is InChI=1S/C22H32O2.C4H13N5/c1-2-3-4-5-6-7-8-9-10-11-12-13-14-15-16-17-18-19-20-21-22(23)24;1-9(2)3-7-8-4(5)6/h3-4,6-7,9-10,12-13,15-16,18-19H,2,5,8,11,14,17,20-21H2,1H3,(H,23,24);7H,3H2,1-2H3,(H4,5,6,8)/b4-3-,7-6-,10-9-,13-12-,16-15-,19-18-;. The van der Waals surface area contributed by atoms with Crippen molar-refractivity contribution in [2.24, 2.45) is 16.6 Å². The van der Waals surface area contributed by atoms with E-state index in [9.17, 15) is 9.90 Å². The first-order valence-corrected chi connectivity index (χ1v) is 11.5. The number of rotatable bonds is 17. The molecule has 0 saturated heterocycles. The zero-order valence-electron chi connectivity index (χ0n) is 20.7. The molecule has 0 heterocycles. The molecule has 0 radical (unpaired) electrons. The quantitative estimate of drug-likeness (QED) is 0.0769. The first-order valence-electron chi connectivity index (χ1n) is 11.5. The van der Waals surface area contributed by atoms with Crippen LogP contribution in [-0.4, -0.2) is 37.6 Å². The van der Waals surface area contributed by atoms with Crippen LogP contribution in [0.15, 0.2) is 78.0 Å². The number of nitrogens with two attached hydrogens (primary N) is 3. The number of aliphatic carboxylic acids is 1. The molecule has 0 aromatic heterocycles. The number of carboxylic acid groups (broad SMARTS) is 1. The Morgan fingerprint density at radius 2 is 1.18 bits per heavy atom. The molecular formula is C26H45N5O2. The van der Waals surface area contributed by atoms with Gasteiger partial charge in [0.05, 0.1) is 0 Å². The molecular weight excluding hydrogens is 414 g/mol. The van der Waals surface area contributed by atoms with Crippen LogP contribution in [-0.2, 0) is 4.79 Å². The molecule has 0 aliphatic heterocycles. The molecule has 0 aromatic rings. The van der Waals surface area contributed by atoms with Gasteiger partial charge in [0.25, 0.3) is 0 Å². The fourth-order valence-electron chi connectivity index (χ4n) is 2.15. The Kier molecular flexibility index (Phi) is 26.5. The largest absolute Gasteiger partial charge is 0.550 e. The van der Waals surface area contributed by atoms with Gasteiger partial charge in [0.1, 0.15) is 0 Å². The molecule has 0 saturated carbocycles. The maximum atomic E-state index is 10.2. The molecule has 0 rings (SSSR count). The molecule has 0 aliphatic rings. The summed E-state index contributed by atoms with van der Waals surface area (Å²) in [5.74, 6) is -0.883. The van der Waals surface area contributed by atoms with Crippen LogP contribution in [0.5, 0.6) is 0 Å². The van der Waals surface area contributed by atoms with Crippen molar-refractivity contribution in [2.75, 3.05) is 20.8 Å². The molecule has 0 aliphatic carbocycles. The van der Waals surface area contributed by atoms with E-state index in [1.165, 1.54) is 0 Å². The minimum atomic E-state index is -0.991. The Morgan fingerprint density at radius 3 is 1.52 bits per heavy atom. The lowest BCUT2D eigenvalue weighted by atomic mass is 10.2. The Bertz CT molecular complexity index is 656. The van der Waals surface area contributed by atoms with Crippen LogP contribution in [0.3, 0.4) is 0 Å². The van der Waals surface area contributed by atoms with Crippen LogP contribution in [0.1, 0.15) is 58.3 Å². The highest BCUT2D eigenvalue weighted by Gasteiger charge is 1.88. The number of hydrogen-bond acceptors (Lipinski definition) is 4. The van der Waals surface area contributed by atoms with Gasteiger partial charge in [-0.3, -0.25) is 4.90 Å². The van der Waals surface area contributed by atoms with E-state index in [2.05, 4.69) is 72.8 Å². The summed E-state index contributed by atoms with van der Waals surface area (Å²) in [6.07, 6.45) is 32.1. The summed E-state index contributed by atoms with van der Waals surface area (Å²) in [6.45, 7) is 2.91. The molecule has 0 unspecified atom stereocenters. The highest BCUT2D eigenvalue weighted by atomic mass is 16.4. The first kappa shape index (κ1) is 32.3. The second-order valence-electron chi connectivity index (χ2n) is 7.32. The zero-order chi connectivity index (χ0) is 25.0. The predicted octanol–water partition coefficient (Wildman–Crippen LogP) is 2.47. The number of allylic oxidation sites excluding steroid dienone is 12. The van der Waals surface area contributed by atoms with Gasteiger partial charge < -0.3 is 21.4 Å². The van der Waals surface area contributed by atoms with Gasteiger partial charge in [0.15, 0.2) is 6.67 Å². The zero-order valence-corrected chi connectivity index (χ0v) is 20.7. The second-order valence-corrected chi connectivity index (χ2v) is 7.32. The number of quaternary nitrogens is 1. The number of carboxylic acids is 1. The summed E-state index contributed by atoms with van der Waals surface area (Å²) in [7, 11) is 3.89. The van der Waals surface area contributed by atoms with Crippen molar-refractivity contribution < 1.29 is 15.3 Å². The predicted molar refractivity (Wildman–Crippen MR) is 139 cm³/mol.